The summed E-state index contributed by atoms with van der Waals surface area (Å²) in [6.45, 7) is 0. The molecule has 0 unspecified atom stereocenters. The first-order chi connectivity index (χ1) is 9.65. The molecule has 3 rings (SSSR count). The van der Waals surface area contributed by atoms with Crippen LogP contribution in [0, 0.1) is 11.6 Å². The monoisotopic (exact) mass is 271 g/mol. The quantitative estimate of drug-likeness (QED) is 0.726. The third kappa shape index (κ3) is 2.14. The molecule has 0 fully saturated rings. The number of nitrogens with zero attached hydrogens (tertiary/aromatic N) is 2. The van der Waals surface area contributed by atoms with Crippen molar-refractivity contribution in [2.75, 3.05) is 5.73 Å². The average molecular weight is 271 g/mol. The van der Waals surface area contributed by atoms with Gasteiger partial charge in [-0.05, 0) is 42.5 Å². The number of imidazole rings is 1. The van der Waals surface area contributed by atoms with Crippen LogP contribution in [0.1, 0.15) is 0 Å². The van der Waals surface area contributed by atoms with Crippen molar-refractivity contribution >= 4 is 5.69 Å². The second-order valence-electron chi connectivity index (χ2n) is 4.36. The molecule has 3 aromatic rings. The molecule has 1 aromatic heterocycles. The van der Waals surface area contributed by atoms with Gasteiger partial charge in [0.2, 0.25) is 0 Å². The van der Waals surface area contributed by atoms with Gasteiger partial charge in [0.1, 0.15) is 11.6 Å². The number of hydrogen-bond acceptors (Lipinski definition) is 2. The molecule has 0 aliphatic heterocycles. The smallest absolute Gasteiger partial charge is 0.146 e. The van der Waals surface area contributed by atoms with Gasteiger partial charge in [-0.1, -0.05) is 0 Å². The SMILES string of the molecule is Nc1cc(-n2cncc2-c2ccc(F)cc2)ccc1F. The van der Waals surface area contributed by atoms with E-state index in [0.717, 1.165) is 11.3 Å². The zero-order valence-electron chi connectivity index (χ0n) is 10.4. The summed E-state index contributed by atoms with van der Waals surface area (Å²) >= 11 is 0. The van der Waals surface area contributed by atoms with E-state index in [2.05, 4.69) is 4.98 Å². The fourth-order valence-corrected chi connectivity index (χ4v) is 2.02. The summed E-state index contributed by atoms with van der Waals surface area (Å²) in [4.78, 5) is 4.08. The predicted molar refractivity (Wildman–Crippen MR) is 73.3 cm³/mol. The van der Waals surface area contributed by atoms with Crippen molar-refractivity contribution in [3.63, 3.8) is 0 Å². The third-order valence-corrected chi connectivity index (χ3v) is 3.04. The Kier molecular flexibility index (Phi) is 2.95. The molecule has 100 valence electrons. The van der Waals surface area contributed by atoms with Gasteiger partial charge in [-0.3, -0.25) is 4.57 Å². The van der Waals surface area contributed by atoms with E-state index in [1.807, 2.05) is 0 Å². The first-order valence-corrected chi connectivity index (χ1v) is 5.99. The zero-order chi connectivity index (χ0) is 14.1. The number of benzene rings is 2. The molecule has 0 bridgehead atoms. The van der Waals surface area contributed by atoms with E-state index in [4.69, 9.17) is 5.73 Å². The van der Waals surface area contributed by atoms with Gasteiger partial charge in [0, 0.05) is 11.3 Å². The normalized spacial score (nSPS) is 10.7. The lowest BCUT2D eigenvalue weighted by Gasteiger charge is -2.09. The molecule has 0 saturated carbocycles. The average Bonchev–Trinajstić information content (AvgIpc) is 2.92. The number of aromatic nitrogens is 2. The Bertz CT molecular complexity index is 748. The lowest BCUT2D eigenvalue weighted by atomic mass is 10.1. The van der Waals surface area contributed by atoms with Gasteiger partial charge in [0.05, 0.1) is 23.9 Å². The Hall–Kier alpha value is -2.69. The van der Waals surface area contributed by atoms with Gasteiger partial charge < -0.3 is 5.73 Å². The fraction of sp³-hybridized carbons (Fsp3) is 0. The molecule has 0 atom stereocenters. The van der Waals surface area contributed by atoms with Crippen LogP contribution in [0.3, 0.4) is 0 Å². The van der Waals surface area contributed by atoms with Gasteiger partial charge in [-0.25, -0.2) is 13.8 Å². The Balaban J connectivity index is 2.10. The van der Waals surface area contributed by atoms with E-state index >= 15 is 0 Å². The maximum Gasteiger partial charge on any atom is 0.146 e. The molecule has 0 spiro atoms. The number of hydrogen-bond donors (Lipinski definition) is 1. The maximum atomic E-state index is 13.2. The highest BCUT2D eigenvalue weighted by atomic mass is 19.1. The van der Waals surface area contributed by atoms with Gasteiger partial charge in [-0.2, -0.15) is 0 Å². The van der Waals surface area contributed by atoms with Crippen LogP contribution in [0.2, 0.25) is 0 Å². The summed E-state index contributed by atoms with van der Waals surface area (Å²) in [6.07, 6.45) is 3.26. The summed E-state index contributed by atoms with van der Waals surface area (Å²) in [7, 11) is 0. The van der Waals surface area contributed by atoms with E-state index in [9.17, 15) is 8.78 Å². The molecule has 5 heteroatoms. The molecule has 3 nitrogen and oxygen atoms in total. The van der Waals surface area contributed by atoms with E-state index in [1.54, 1.807) is 35.3 Å². The van der Waals surface area contributed by atoms with Crippen LogP contribution >= 0.6 is 0 Å². The van der Waals surface area contributed by atoms with Crippen molar-refractivity contribution in [1.29, 1.82) is 0 Å². The van der Waals surface area contributed by atoms with Crippen molar-refractivity contribution in [3.8, 4) is 16.9 Å². The van der Waals surface area contributed by atoms with Gasteiger partial charge >= 0.3 is 0 Å². The molecule has 0 amide bonds. The minimum absolute atomic E-state index is 0.0706. The van der Waals surface area contributed by atoms with E-state index in [0.29, 0.717) is 5.69 Å². The number of halogens is 2. The van der Waals surface area contributed by atoms with Crippen LogP contribution in [0.5, 0.6) is 0 Å². The molecule has 0 radical (unpaired) electrons. The van der Waals surface area contributed by atoms with Crippen molar-refractivity contribution < 1.29 is 8.78 Å². The molecule has 2 aromatic carbocycles. The molecule has 20 heavy (non-hydrogen) atoms. The molecule has 2 N–H and O–H groups in total. The number of nitrogen functional groups attached to an aromatic ring is 1. The van der Waals surface area contributed by atoms with Crippen molar-refractivity contribution in [2.24, 2.45) is 0 Å². The van der Waals surface area contributed by atoms with Crippen LogP contribution in [0.4, 0.5) is 14.5 Å². The van der Waals surface area contributed by atoms with E-state index < -0.39 is 5.82 Å². The van der Waals surface area contributed by atoms with E-state index in [-0.39, 0.29) is 11.5 Å². The van der Waals surface area contributed by atoms with E-state index in [1.165, 1.54) is 24.3 Å². The summed E-state index contributed by atoms with van der Waals surface area (Å²) in [5.41, 5.74) is 7.93. The summed E-state index contributed by atoms with van der Waals surface area (Å²) in [6, 6.07) is 10.5. The summed E-state index contributed by atoms with van der Waals surface area (Å²) < 4.78 is 28.0. The topological polar surface area (TPSA) is 43.8 Å². The molecule has 1 heterocycles. The van der Waals surface area contributed by atoms with Crippen molar-refractivity contribution in [1.82, 2.24) is 9.55 Å². The first kappa shape index (κ1) is 12.3. The maximum absolute atomic E-state index is 13.2. The molecular formula is C15H11F2N3. The second kappa shape index (κ2) is 4.77. The lowest BCUT2D eigenvalue weighted by Crippen LogP contribution is -1.98. The largest absolute Gasteiger partial charge is 0.396 e. The van der Waals surface area contributed by atoms with Gasteiger partial charge in [-0.15, -0.1) is 0 Å². The van der Waals surface area contributed by atoms with Crippen LogP contribution in [0.15, 0.2) is 55.0 Å². The fourth-order valence-electron chi connectivity index (χ4n) is 2.02. The second-order valence-corrected chi connectivity index (χ2v) is 4.36. The highest BCUT2D eigenvalue weighted by Crippen LogP contribution is 2.24. The summed E-state index contributed by atoms with van der Waals surface area (Å²) in [5, 5.41) is 0. The van der Waals surface area contributed by atoms with Crippen molar-refractivity contribution in [2.45, 2.75) is 0 Å². The molecule has 0 aliphatic carbocycles. The first-order valence-electron chi connectivity index (χ1n) is 5.99. The predicted octanol–water partition coefficient (Wildman–Crippen LogP) is 3.40. The summed E-state index contributed by atoms with van der Waals surface area (Å²) in [5.74, 6) is -0.761. The highest BCUT2D eigenvalue weighted by molar-refractivity contribution is 5.62. The van der Waals surface area contributed by atoms with Crippen LogP contribution in [-0.4, -0.2) is 9.55 Å². The number of anilines is 1. The Morgan fingerprint density at radius 1 is 1.00 bits per heavy atom. The molecule has 0 saturated heterocycles. The van der Waals surface area contributed by atoms with Crippen molar-refractivity contribution in [3.05, 3.63) is 66.6 Å². The minimum atomic E-state index is -0.461. The number of nitrogens with two attached hydrogens (primary N) is 1. The molecular weight excluding hydrogens is 260 g/mol. The third-order valence-electron chi connectivity index (χ3n) is 3.04. The number of rotatable bonds is 2. The lowest BCUT2D eigenvalue weighted by molar-refractivity contribution is 0.628. The zero-order valence-corrected chi connectivity index (χ0v) is 10.4. The Morgan fingerprint density at radius 2 is 1.75 bits per heavy atom. The van der Waals surface area contributed by atoms with Gasteiger partial charge in [0.15, 0.2) is 0 Å². The Morgan fingerprint density at radius 3 is 2.45 bits per heavy atom. The van der Waals surface area contributed by atoms with Crippen LogP contribution in [0.25, 0.3) is 16.9 Å². The highest BCUT2D eigenvalue weighted by Gasteiger charge is 2.08. The van der Waals surface area contributed by atoms with Crippen LogP contribution in [-0.2, 0) is 0 Å². The Labute approximate surface area is 114 Å². The standard InChI is InChI=1S/C15H11F2N3/c16-11-3-1-10(2-4-11)15-8-19-9-20(15)12-5-6-13(17)14(18)7-12/h1-9H,18H2. The minimum Gasteiger partial charge on any atom is -0.396 e. The van der Waals surface area contributed by atoms with Gasteiger partial charge in [0.25, 0.3) is 0 Å². The molecule has 0 aliphatic rings. The van der Waals surface area contributed by atoms with Crippen LogP contribution < -0.4 is 5.73 Å².